The van der Waals surface area contributed by atoms with Gasteiger partial charge in [0.25, 0.3) is 0 Å². The van der Waals surface area contributed by atoms with E-state index in [1.807, 2.05) is 13.8 Å². The Morgan fingerprint density at radius 2 is 0.909 bits per heavy atom. The number of aliphatic hydroxyl groups excluding tert-OH is 4. The molecule has 0 bridgehead atoms. The molecule has 0 aromatic carbocycles. The van der Waals surface area contributed by atoms with E-state index in [9.17, 15) is 9.59 Å². The second-order valence-corrected chi connectivity index (χ2v) is 5.30. The second-order valence-electron chi connectivity index (χ2n) is 5.30. The third-order valence-corrected chi connectivity index (χ3v) is 3.58. The Kier molecular flexibility index (Phi) is 11.9. The number of hydrogen-bond donors (Lipinski definition) is 6. The molecular formula is C14H28O8. The van der Waals surface area contributed by atoms with Gasteiger partial charge in [0.05, 0.1) is 26.4 Å². The number of aliphatic carboxylic acids is 2. The monoisotopic (exact) mass is 324 g/mol. The first kappa shape index (κ1) is 23.1. The van der Waals surface area contributed by atoms with Crippen LogP contribution < -0.4 is 0 Å². The van der Waals surface area contributed by atoms with Crippen molar-refractivity contribution in [2.45, 2.75) is 39.5 Å². The third-order valence-electron chi connectivity index (χ3n) is 3.58. The molecule has 0 spiro atoms. The van der Waals surface area contributed by atoms with Crippen molar-refractivity contribution in [3.63, 3.8) is 0 Å². The van der Waals surface area contributed by atoms with E-state index in [1.165, 1.54) is 0 Å². The minimum Gasteiger partial charge on any atom is -0.481 e. The summed E-state index contributed by atoms with van der Waals surface area (Å²) >= 11 is 0. The summed E-state index contributed by atoms with van der Waals surface area (Å²) in [5.74, 6) is -2.27. The molecule has 0 aromatic heterocycles. The minimum absolute atomic E-state index is 0.301. The molecule has 0 aliphatic carbocycles. The van der Waals surface area contributed by atoms with E-state index < -0.39 is 49.2 Å². The molecule has 6 N–H and O–H groups in total. The van der Waals surface area contributed by atoms with Crippen LogP contribution in [0.2, 0.25) is 0 Å². The van der Waals surface area contributed by atoms with Crippen LogP contribution in [0.1, 0.15) is 39.5 Å². The van der Waals surface area contributed by atoms with Gasteiger partial charge in [0.15, 0.2) is 0 Å². The number of hydrogen-bond acceptors (Lipinski definition) is 6. The largest absolute Gasteiger partial charge is 0.481 e. The van der Waals surface area contributed by atoms with E-state index in [0.717, 1.165) is 0 Å². The SMILES string of the molecule is CCCC(CO)(CO)C(=O)O.CCCC(CO)(CO)C(=O)O. The van der Waals surface area contributed by atoms with Crippen LogP contribution >= 0.6 is 0 Å². The zero-order valence-corrected chi connectivity index (χ0v) is 13.2. The number of carboxylic acids is 2. The highest BCUT2D eigenvalue weighted by Gasteiger charge is 2.36. The van der Waals surface area contributed by atoms with Crippen LogP contribution in [0, 0.1) is 10.8 Å². The molecule has 0 amide bonds. The smallest absolute Gasteiger partial charge is 0.314 e. The van der Waals surface area contributed by atoms with Crippen molar-refractivity contribution < 1.29 is 40.2 Å². The van der Waals surface area contributed by atoms with E-state index in [2.05, 4.69) is 0 Å². The number of carboxylic acid groups (broad SMARTS) is 2. The van der Waals surface area contributed by atoms with Gasteiger partial charge in [-0.05, 0) is 12.8 Å². The fraction of sp³-hybridized carbons (Fsp3) is 0.857. The van der Waals surface area contributed by atoms with Gasteiger partial charge in [0, 0.05) is 0 Å². The predicted molar refractivity (Wildman–Crippen MR) is 78.3 cm³/mol. The van der Waals surface area contributed by atoms with Gasteiger partial charge in [-0.25, -0.2) is 0 Å². The molecule has 132 valence electrons. The fourth-order valence-corrected chi connectivity index (χ4v) is 1.86. The molecule has 0 aliphatic heterocycles. The molecule has 0 saturated heterocycles. The van der Waals surface area contributed by atoms with Gasteiger partial charge >= 0.3 is 11.9 Å². The van der Waals surface area contributed by atoms with Gasteiger partial charge in [0.1, 0.15) is 10.8 Å². The zero-order valence-electron chi connectivity index (χ0n) is 13.2. The Hall–Kier alpha value is -1.22. The van der Waals surface area contributed by atoms with Gasteiger partial charge in [-0.15, -0.1) is 0 Å². The normalized spacial score (nSPS) is 11.5. The standard InChI is InChI=1S/2C7H14O4/c2*1-2-3-7(4-8,5-9)6(10)11/h2*8-9H,2-5H2,1H3,(H,10,11). The van der Waals surface area contributed by atoms with Crippen molar-refractivity contribution in [2.75, 3.05) is 26.4 Å². The molecule has 22 heavy (non-hydrogen) atoms. The number of aliphatic hydroxyl groups is 4. The molecule has 0 aliphatic rings. The lowest BCUT2D eigenvalue weighted by Gasteiger charge is -2.23. The third kappa shape index (κ3) is 6.27. The molecule has 8 nitrogen and oxygen atoms in total. The molecule has 0 radical (unpaired) electrons. The predicted octanol–water partition coefficient (Wildman–Crippen LogP) is -0.316. The summed E-state index contributed by atoms with van der Waals surface area (Å²) < 4.78 is 0. The molecule has 0 aromatic rings. The van der Waals surface area contributed by atoms with E-state index in [-0.39, 0.29) is 0 Å². The average molecular weight is 324 g/mol. The summed E-state index contributed by atoms with van der Waals surface area (Å²) in [5, 5.41) is 52.2. The van der Waals surface area contributed by atoms with Crippen LogP contribution in [-0.2, 0) is 9.59 Å². The molecule has 0 unspecified atom stereocenters. The van der Waals surface area contributed by atoms with Gasteiger partial charge in [-0.1, -0.05) is 26.7 Å². The zero-order chi connectivity index (χ0) is 17.8. The van der Waals surface area contributed by atoms with Crippen LogP contribution in [0.15, 0.2) is 0 Å². The summed E-state index contributed by atoms with van der Waals surface area (Å²) in [7, 11) is 0. The summed E-state index contributed by atoms with van der Waals surface area (Å²) in [6, 6.07) is 0. The second kappa shape index (κ2) is 11.4. The Balaban J connectivity index is 0. The molecule has 8 heteroatoms. The van der Waals surface area contributed by atoms with E-state index >= 15 is 0 Å². The van der Waals surface area contributed by atoms with E-state index in [4.69, 9.17) is 30.6 Å². The van der Waals surface area contributed by atoms with Gasteiger partial charge in [-0.2, -0.15) is 0 Å². The Morgan fingerprint density at radius 1 is 0.682 bits per heavy atom. The van der Waals surface area contributed by atoms with Crippen molar-refractivity contribution in [1.29, 1.82) is 0 Å². The van der Waals surface area contributed by atoms with Crippen molar-refractivity contribution in [3.8, 4) is 0 Å². The van der Waals surface area contributed by atoms with Gasteiger partial charge < -0.3 is 30.6 Å². The van der Waals surface area contributed by atoms with Crippen LogP contribution in [0.25, 0.3) is 0 Å². The lowest BCUT2D eigenvalue weighted by Crippen LogP contribution is -2.38. The first-order valence-electron chi connectivity index (χ1n) is 7.16. The highest BCUT2D eigenvalue weighted by Crippen LogP contribution is 2.23. The van der Waals surface area contributed by atoms with E-state index in [0.29, 0.717) is 25.7 Å². The molecule has 0 heterocycles. The summed E-state index contributed by atoms with van der Waals surface area (Å²) in [5.41, 5.74) is -2.68. The molecule has 0 fully saturated rings. The first-order chi connectivity index (χ1) is 10.3. The van der Waals surface area contributed by atoms with Crippen molar-refractivity contribution in [1.82, 2.24) is 0 Å². The molecular weight excluding hydrogens is 296 g/mol. The Bertz CT molecular complexity index is 289. The Morgan fingerprint density at radius 3 is 0.955 bits per heavy atom. The van der Waals surface area contributed by atoms with Crippen LogP contribution in [-0.4, -0.2) is 69.0 Å². The topological polar surface area (TPSA) is 156 Å². The lowest BCUT2D eigenvalue weighted by atomic mass is 9.85. The van der Waals surface area contributed by atoms with Crippen molar-refractivity contribution in [2.24, 2.45) is 10.8 Å². The quantitative estimate of drug-likeness (QED) is 0.319. The number of carbonyl (C=O) groups is 2. The molecule has 0 atom stereocenters. The molecule has 0 rings (SSSR count). The highest BCUT2D eigenvalue weighted by atomic mass is 16.4. The minimum atomic E-state index is -1.34. The lowest BCUT2D eigenvalue weighted by molar-refractivity contribution is -0.156. The van der Waals surface area contributed by atoms with Crippen LogP contribution in [0.5, 0.6) is 0 Å². The van der Waals surface area contributed by atoms with E-state index in [1.54, 1.807) is 0 Å². The summed E-state index contributed by atoms with van der Waals surface area (Å²) in [6.45, 7) is 1.59. The van der Waals surface area contributed by atoms with Crippen LogP contribution in [0.3, 0.4) is 0 Å². The van der Waals surface area contributed by atoms with Crippen molar-refractivity contribution in [3.05, 3.63) is 0 Å². The maximum Gasteiger partial charge on any atom is 0.314 e. The van der Waals surface area contributed by atoms with Crippen LogP contribution in [0.4, 0.5) is 0 Å². The highest BCUT2D eigenvalue weighted by molar-refractivity contribution is 5.75. The molecule has 0 saturated carbocycles. The maximum absolute atomic E-state index is 10.6. The number of rotatable bonds is 10. The van der Waals surface area contributed by atoms with Gasteiger partial charge in [-0.3, -0.25) is 9.59 Å². The average Bonchev–Trinajstić information content (AvgIpc) is 2.50. The van der Waals surface area contributed by atoms with Crippen molar-refractivity contribution >= 4 is 11.9 Å². The fourth-order valence-electron chi connectivity index (χ4n) is 1.86. The summed E-state index contributed by atoms with van der Waals surface area (Å²) in [4.78, 5) is 21.1. The summed E-state index contributed by atoms with van der Waals surface area (Å²) in [6.07, 6.45) is 1.87. The maximum atomic E-state index is 10.6. The first-order valence-corrected chi connectivity index (χ1v) is 7.16. The Labute approximate surface area is 130 Å². The van der Waals surface area contributed by atoms with Gasteiger partial charge in [0.2, 0.25) is 0 Å².